The number of H-pyrrole nitrogens is 1. The maximum atomic E-state index is 13.9. The normalized spacial score (nSPS) is 18.7. The molecule has 1 spiro atoms. The molecule has 4 aromatic rings. The van der Waals surface area contributed by atoms with Crippen LogP contribution in [-0.2, 0) is 4.79 Å². The van der Waals surface area contributed by atoms with Gasteiger partial charge in [0.15, 0.2) is 5.75 Å². The van der Waals surface area contributed by atoms with Gasteiger partial charge in [0.25, 0.3) is 6.43 Å². The standard InChI is InChI=1S/C36H41F2N7O2/c1-5-23-17-25-32(33(47-19-28(37)38)31(23)30-22(3)7-8-27-26(30)18-39-42-27)40-34(24-9-13-43(4)14-10-24)41-35(25)44-15-11-36(12-16-44)20-45(21-36)29(46)6-2/h5-8,17-18,24,28H,1-2,9-16,19-21H2,3-4H3,(H,39,42). The van der Waals surface area contributed by atoms with Crippen LogP contribution in [0.15, 0.2) is 43.6 Å². The van der Waals surface area contributed by atoms with E-state index in [2.05, 4.69) is 40.2 Å². The Morgan fingerprint density at radius 2 is 1.85 bits per heavy atom. The smallest absolute Gasteiger partial charge is 0.272 e. The van der Waals surface area contributed by atoms with Crippen molar-refractivity contribution in [1.82, 2.24) is 30.0 Å². The largest absolute Gasteiger partial charge is 0.485 e. The van der Waals surface area contributed by atoms with E-state index in [9.17, 15) is 13.6 Å². The predicted molar refractivity (Wildman–Crippen MR) is 181 cm³/mol. The summed E-state index contributed by atoms with van der Waals surface area (Å²) >= 11 is 0. The maximum Gasteiger partial charge on any atom is 0.272 e. The second-order valence-corrected chi connectivity index (χ2v) is 13.4. The molecular formula is C36H41F2N7O2. The Morgan fingerprint density at radius 1 is 1.11 bits per heavy atom. The minimum Gasteiger partial charge on any atom is -0.485 e. The van der Waals surface area contributed by atoms with Crippen LogP contribution in [0.2, 0.25) is 0 Å². The fourth-order valence-electron chi connectivity index (χ4n) is 7.67. The third kappa shape index (κ3) is 5.64. The Balaban J connectivity index is 1.40. The Morgan fingerprint density at radius 3 is 2.53 bits per heavy atom. The maximum absolute atomic E-state index is 13.9. The highest BCUT2D eigenvalue weighted by molar-refractivity contribution is 6.07. The van der Waals surface area contributed by atoms with Crippen molar-refractivity contribution < 1.29 is 18.3 Å². The van der Waals surface area contributed by atoms with Crippen LogP contribution in [0.5, 0.6) is 5.75 Å². The quantitative estimate of drug-likeness (QED) is 0.230. The summed E-state index contributed by atoms with van der Waals surface area (Å²) in [4.78, 5) is 29.1. The average Bonchev–Trinajstić information content (AvgIpc) is 3.54. The fourth-order valence-corrected chi connectivity index (χ4v) is 7.67. The van der Waals surface area contributed by atoms with Crippen molar-refractivity contribution in [3.05, 3.63) is 60.6 Å². The number of amides is 1. The van der Waals surface area contributed by atoms with E-state index in [4.69, 9.17) is 14.7 Å². The van der Waals surface area contributed by atoms with Crippen LogP contribution in [0.25, 0.3) is 39.0 Å². The van der Waals surface area contributed by atoms with Gasteiger partial charge in [-0.05, 0) is 87.6 Å². The van der Waals surface area contributed by atoms with Crippen LogP contribution in [0.3, 0.4) is 0 Å². The zero-order chi connectivity index (χ0) is 32.9. The number of nitrogens with one attached hydrogen (secondary N) is 1. The Kier molecular flexibility index (Phi) is 8.20. The molecule has 3 fully saturated rings. The van der Waals surface area contributed by atoms with E-state index in [1.54, 1.807) is 12.3 Å². The summed E-state index contributed by atoms with van der Waals surface area (Å²) in [5.74, 6) is 1.96. The molecule has 5 heterocycles. The zero-order valence-corrected chi connectivity index (χ0v) is 27.1. The van der Waals surface area contributed by atoms with Crippen LogP contribution >= 0.6 is 0 Å². The number of rotatable bonds is 8. The molecule has 246 valence electrons. The summed E-state index contributed by atoms with van der Waals surface area (Å²) in [7, 11) is 2.12. The summed E-state index contributed by atoms with van der Waals surface area (Å²) in [6, 6.07) is 6.00. The van der Waals surface area contributed by atoms with Crippen LogP contribution in [0.4, 0.5) is 14.6 Å². The van der Waals surface area contributed by atoms with E-state index in [1.165, 1.54) is 6.08 Å². The van der Waals surface area contributed by atoms with Crippen molar-refractivity contribution in [3.63, 3.8) is 0 Å². The van der Waals surface area contributed by atoms with Crippen molar-refractivity contribution >= 4 is 39.6 Å². The Bertz CT molecular complexity index is 1850. The lowest BCUT2D eigenvalue weighted by Crippen LogP contribution is -2.61. The molecule has 2 aromatic heterocycles. The lowest BCUT2D eigenvalue weighted by molar-refractivity contribution is -0.139. The molecule has 9 nitrogen and oxygen atoms in total. The Hall–Kier alpha value is -4.38. The molecule has 3 aliphatic rings. The van der Waals surface area contributed by atoms with Crippen LogP contribution in [-0.4, -0.2) is 95.2 Å². The molecule has 0 aliphatic carbocycles. The van der Waals surface area contributed by atoms with Gasteiger partial charge in [0, 0.05) is 53.8 Å². The number of aromatic amines is 1. The van der Waals surface area contributed by atoms with Crippen LogP contribution in [0.1, 0.15) is 48.6 Å². The van der Waals surface area contributed by atoms with E-state index in [0.717, 1.165) is 110 Å². The zero-order valence-electron chi connectivity index (χ0n) is 27.1. The predicted octanol–water partition coefficient (Wildman–Crippen LogP) is 6.19. The number of ether oxygens (including phenoxy) is 1. The van der Waals surface area contributed by atoms with Crippen LogP contribution < -0.4 is 9.64 Å². The number of carbonyl (C=O) groups is 1. The Labute approximate surface area is 273 Å². The third-order valence-corrected chi connectivity index (χ3v) is 10.4. The van der Waals surface area contributed by atoms with Gasteiger partial charge in [0.2, 0.25) is 5.91 Å². The number of anilines is 1. The molecule has 1 amide bonds. The van der Waals surface area contributed by atoms with Crippen molar-refractivity contribution in [2.45, 2.75) is 45.0 Å². The highest BCUT2D eigenvalue weighted by Crippen LogP contribution is 2.47. The van der Waals surface area contributed by atoms with Crippen molar-refractivity contribution in [1.29, 1.82) is 0 Å². The number of benzene rings is 2. The first-order valence-corrected chi connectivity index (χ1v) is 16.4. The van der Waals surface area contributed by atoms with Gasteiger partial charge in [-0.15, -0.1) is 0 Å². The number of carbonyl (C=O) groups excluding carboxylic acids is 1. The lowest BCUT2D eigenvalue weighted by atomic mass is 9.72. The van der Waals surface area contributed by atoms with Crippen molar-refractivity contribution in [2.75, 3.05) is 57.8 Å². The molecule has 2 aromatic carbocycles. The van der Waals surface area contributed by atoms with Gasteiger partial charge < -0.3 is 19.4 Å². The molecule has 3 saturated heterocycles. The molecule has 0 unspecified atom stereocenters. The van der Waals surface area contributed by atoms with Gasteiger partial charge in [0.1, 0.15) is 23.8 Å². The summed E-state index contributed by atoms with van der Waals surface area (Å²) in [5.41, 5.74) is 4.71. The monoisotopic (exact) mass is 641 g/mol. The molecule has 3 aliphatic heterocycles. The fraction of sp³-hybridized carbons (Fsp3) is 0.444. The van der Waals surface area contributed by atoms with Crippen LogP contribution in [0, 0.1) is 12.3 Å². The minimum atomic E-state index is -2.67. The summed E-state index contributed by atoms with van der Waals surface area (Å²) < 4.78 is 33.9. The lowest BCUT2D eigenvalue weighted by Gasteiger charge is -2.54. The van der Waals surface area contributed by atoms with Gasteiger partial charge in [-0.2, -0.15) is 5.10 Å². The number of fused-ring (bicyclic) bond motifs is 2. The topological polar surface area (TPSA) is 90.5 Å². The molecule has 7 rings (SSSR count). The molecule has 0 radical (unpaired) electrons. The number of halogens is 2. The number of likely N-dealkylation sites (tertiary alicyclic amines) is 2. The van der Waals surface area contributed by atoms with Gasteiger partial charge in [-0.1, -0.05) is 25.3 Å². The van der Waals surface area contributed by atoms with Gasteiger partial charge in [-0.3, -0.25) is 9.89 Å². The van der Waals surface area contributed by atoms with Crippen molar-refractivity contribution in [3.8, 4) is 16.9 Å². The molecule has 0 atom stereocenters. The second-order valence-electron chi connectivity index (χ2n) is 13.4. The molecule has 0 saturated carbocycles. The highest BCUT2D eigenvalue weighted by atomic mass is 19.3. The van der Waals surface area contributed by atoms with E-state index in [1.807, 2.05) is 30.0 Å². The number of piperidine rings is 2. The molecule has 0 bridgehead atoms. The average molecular weight is 642 g/mol. The number of aryl methyl sites for hydroxylation is 1. The molecule has 47 heavy (non-hydrogen) atoms. The third-order valence-electron chi connectivity index (χ3n) is 10.4. The summed E-state index contributed by atoms with van der Waals surface area (Å²) in [6.07, 6.45) is 5.90. The minimum absolute atomic E-state index is 0.0203. The first-order chi connectivity index (χ1) is 22.7. The molecule has 1 N–H and O–H groups in total. The van der Waals surface area contributed by atoms with Gasteiger partial charge in [0.05, 0.1) is 11.7 Å². The van der Waals surface area contributed by atoms with E-state index in [0.29, 0.717) is 16.8 Å². The van der Waals surface area contributed by atoms with Crippen molar-refractivity contribution in [2.24, 2.45) is 5.41 Å². The summed E-state index contributed by atoms with van der Waals surface area (Å²) in [5, 5.41) is 8.94. The number of hydrogen-bond donors (Lipinski definition) is 1. The number of aromatic nitrogens is 4. The summed E-state index contributed by atoms with van der Waals surface area (Å²) in [6.45, 7) is 13.9. The number of hydrogen-bond acceptors (Lipinski definition) is 7. The SMILES string of the molecule is C=CC(=O)N1CC2(CCN(c3nc(C4CCN(C)CC4)nc4c(OCC(F)F)c(-c5c(C)ccc6[nH]ncc56)c(C=C)cc34)CC2)C1. The van der Waals surface area contributed by atoms with E-state index >= 15 is 0 Å². The molecule has 11 heteroatoms. The van der Waals surface area contributed by atoms with E-state index in [-0.39, 0.29) is 17.2 Å². The number of nitrogens with zero attached hydrogens (tertiary/aromatic N) is 6. The highest BCUT2D eigenvalue weighted by Gasteiger charge is 2.46. The van der Waals surface area contributed by atoms with Gasteiger partial charge >= 0.3 is 0 Å². The van der Waals surface area contributed by atoms with E-state index < -0.39 is 13.0 Å². The second kappa shape index (κ2) is 12.3. The first-order valence-electron chi connectivity index (χ1n) is 16.4. The van der Waals surface area contributed by atoms with Gasteiger partial charge in [-0.25, -0.2) is 18.7 Å². The first kappa shape index (κ1) is 31.2. The number of alkyl halides is 2. The molecular weight excluding hydrogens is 600 g/mol.